The highest BCUT2D eigenvalue weighted by Gasteiger charge is 2.12. The van der Waals surface area contributed by atoms with Crippen molar-refractivity contribution in [1.29, 1.82) is 0 Å². The SMILES string of the molecule is COc1ccc(CO)cc1-c1ccc(=O)n(Cc2cccc(C(O)OC)c2)n1. The molecule has 3 rings (SSSR count). The van der Waals surface area contributed by atoms with Gasteiger partial charge in [0.2, 0.25) is 0 Å². The topological polar surface area (TPSA) is 93.8 Å². The van der Waals surface area contributed by atoms with Gasteiger partial charge in [-0.2, -0.15) is 5.10 Å². The van der Waals surface area contributed by atoms with Crippen LogP contribution in [0.2, 0.25) is 0 Å². The maximum atomic E-state index is 12.3. The summed E-state index contributed by atoms with van der Waals surface area (Å²) in [5.74, 6) is 0.597. The minimum Gasteiger partial charge on any atom is -0.496 e. The smallest absolute Gasteiger partial charge is 0.267 e. The lowest BCUT2D eigenvalue weighted by atomic mass is 10.1. The first-order chi connectivity index (χ1) is 13.5. The highest BCUT2D eigenvalue weighted by atomic mass is 16.6. The molecule has 2 N–H and O–H groups in total. The van der Waals surface area contributed by atoms with Gasteiger partial charge in [0.15, 0.2) is 6.29 Å². The number of hydrogen-bond donors (Lipinski definition) is 2. The minimum atomic E-state index is -1.03. The molecule has 2 aromatic carbocycles. The van der Waals surface area contributed by atoms with Crippen molar-refractivity contribution in [3.63, 3.8) is 0 Å². The molecule has 3 aromatic rings. The maximum Gasteiger partial charge on any atom is 0.267 e. The van der Waals surface area contributed by atoms with E-state index in [2.05, 4.69) is 5.10 Å². The highest BCUT2D eigenvalue weighted by Crippen LogP contribution is 2.29. The fourth-order valence-corrected chi connectivity index (χ4v) is 2.91. The summed E-state index contributed by atoms with van der Waals surface area (Å²) < 4.78 is 11.7. The number of methoxy groups -OCH3 is 2. The zero-order valence-electron chi connectivity index (χ0n) is 15.7. The fourth-order valence-electron chi connectivity index (χ4n) is 2.91. The van der Waals surface area contributed by atoms with E-state index in [1.54, 1.807) is 49.6 Å². The van der Waals surface area contributed by atoms with Crippen LogP contribution in [-0.2, 0) is 17.9 Å². The third kappa shape index (κ3) is 4.28. The molecule has 7 nitrogen and oxygen atoms in total. The van der Waals surface area contributed by atoms with Gasteiger partial charge in [-0.05, 0) is 35.4 Å². The molecule has 0 saturated carbocycles. The molecule has 0 fully saturated rings. The summed E-state index contributed by atoms with van der Waals surface area (Å²) in [6.07, 6.45) is -1.03. The van der Waals surface area contributed by atoms with Crippen molar-refractivity contribution in [2.45, 2.75) is 19.4 Å². The summed E-state index contributed by atoms with van der Waals surface area (Å²) in [6, 6.07) is 15.5. The second kappa shape index (κ2) is 8.79. The predicted octanol–water partition coefficient (Wildman–Crippen LogP) is 2.10. The summed E-state index contributed by atoms with van der Waals surface area (Å²) in [5.41, 5.74) is 3.11. The van der Waals surface area contributed by atoms with Crippen molar-refractivity contribution < 1.29 is 19.7 Å². The van der Waals surface area contributed by atoms with Crippen molar-refractivity contribution in [3.8, 4) is 17.0 Å². The molecule has 1 atom stereocenters. The van der Waals surface area contributed by atoms with Crippen LogP contribution in [0.15, 0.2) is 59.4 Å². The van der Waals surface area contributed by atoms with Gasteiger partial charge >= 0.3 is 0 Å². The highest BCUT2D eigenvalue weighted by molar-refractivity contribution is 5.67. The molecular formula is C21H22N2O5. The van der Waals surface area contributed by atoms with Crippen molar-refractivity contribution in [3.05, 3.63) is 81.6 Å². The number of aromatic nitrogens is 2. The van der Waals surface area contributed by atoms with Gasteiger partial charge in [0.05, 0.1) is 26.0 Å². The lowest BCUT2D eigenvalue weighted by molar-refractivity contribution is -0.0769. The third-order valence-electron chi connectivity index (χ3n) is 4.38. The molecule has 0 aliphatic rings. The van der Waals surface area contributed by atoms with E-state index in [0.29, 0.717) is 22.6 Å². The number of aliphatic hydroxyl groups excluding tert-OH is 2. The van der Waals surface area contributed by atoms with Crippen molar-refractivity contribution in [2.75, 3.05) is 14.2 Å². The van der Waals surface area contributed by atoms with Crippen LogP contribution < -0.4 is 10.3 Å². The number of hydrogen-bond acceptors (Lipinski definition) is 6. The fraction of sp³-hybridized carbons (Fsp3) is 0.238. The van der Waals surface area contributed by atoms with Crippen LogP contribution in [0.1, 0.15) is 23.0 Å². The molecule has 0 bridgehead atoms. The molecule has 0 amide bonds. The van der Waals surface area contributed by atoms with Crippen molar-refractivity contribution >= 4 is 0 Å². The first-order valence-electron chi connectivity index (χ1n) is 8.71. The molecule has 0 spiro atoms. The number of nitrogens with zero attached hydrogens (tertiary/aromatic N) is 2. The van der Waals surface area contributed by atoms with E-state index in [4.69, 9.17) is 9.47 Å². The Morgan fingerprint density at radius 3 is 2.61 bits per heavy atom. The van der Waals surface area contributed by atoms with Gasteiger partial charge in [-0.3, -0.25) is 4.79 Å². The molecule has 1 aromatic heterocycles. The molecule has 0 radical (unpaired) electrons. The largest absolute Gasteiger partial charge is 0.496 e. The normalized spacial score (nSPS) is 12.0. The molecule has 0 aliphatic heterocycles. The predicted molar refractivity (Wildman–Crippen MR) is 104 cm³/mol. The van der Waals surface area contributed by atoms with Crippen molar-refractivity contribution in [2.24, 2.45) is 0 Å². The van der Waals surface area contributed by atoms with Crippen molar-refractivity contribution in [1.82, 2.24) is 9.78 Å². The zero-order valence-corrected chi connectivity index (χ0v) is 15.7. The molecule has 0 saturated heterocycles. The van der Waals surface area contributed by atoms with Crippen LogP contribution in [-0.4, -0.2) is 34.2 Å². The summed E-state index contributed by atoms with van der Waals surface area (Å²) in [6.45, 7) is 0.129. The lowest BCUT2D eigenvalue weighted by Gasteiger charge is -2.13. The van der Waals surface area contributed by atoms with Gasteiger partial charge in [0.25, 0.3) is 5.56 Å². The van der Waals surface area contributed by atoms with E-state index in [1.165, 1.54) is 17.9 Å². The van der Waals surface area contributed by atoms with E-state index in [-0.39, 0.29) is 18.7 Å². The Labute approximate surface area is 162 Å². The Morgan fingerprint density at radius 2 is 1.89 bits per heavy atom. The molecule has 146 valence electrons. The van der Waals surface area contributed by atoms with Crippen LogP contribution in [0.25, 0.3) is 11.3 Å². The maximum absolute atomic E-state index is 12.3. The Morgan fingerprint density at radius 1 is 1.07 bits per heavy atom. The average Bonchev–Trinajstić information content (AvgIpc) is 2.74. The Balaban J connectivity index is 1.98. The van der Waals surface area contributed by atoms with E-state index in [9.17, 15) is 15.0 Å². The lowest BCUT2D eigenvalue weighted by Crippen LogP contribution is -2.23. The van der Waals surface area contributed by atoms with Crippen LogP contribution in [0.3, 0.4) is 0 Å². The average molecular weight is 382 g/mol. The minimum absolute atomic E-state index is 0.106. The third-order valence-corrected chi connectivity index (χ3v) is 4.38. The van der Waals surface area contributed by atoms with E-state index >= 15 is 0 Å². The standard InChI is InChI=1S/C21H22N2O5/c1-27-19-8-6-15(13-24)11-17(19)18-7-9-20(25)23(22-18)12-14-4-3-5-16(10-14)21(26)28-2/h3-11,21,24,26H,12-13H2,1-2H3. The second-order valence-electron chi connectivity index (χ2n) is 6.24. The Bertz CT molecular complexity index is 1020. The van der Waals surface area contributed by atoms with Gasteiger partial charge in [-0.15, -0.1) is 0 Å². The Kier molecular flexibility index (Phi) is 6.20. The first-order valence-corrected chi connectivity index (χ1v) is 8.71. The summed E-state index contributed by atoms with van der Waals surface area (Å²) in [4.78, 5) is 12.3. The van der Waals surface area contributed by atoms with E-state index in [1.807, 2.05) is 6.07 Å². The molecule has 1 unspecified atom stereocenters. The number of ether oxygens (including phenoxy) is 2. The van der Waals surface area contributed by atoms with Crippen LogP contribution in [0, 0.1) is 0 Å². The number of rotatable bonds is 7. The number of aliphatic hydroxyl groups is 2. The van der Waals surface area contributed by atoms with Gasteiger partial charge in [-0.25, -0.2) is 4.68 Å². The van der Waals surface area contributed by atoms with Gasteiger partial charge in [0, 0.05) is 24.3 Å². The van der Waals surface area contributed by atoms with Gasteiger partial charge < -0.3 is 19.7 Å². The van der Waals surface area contributed by atoms with Gasteiger partial charge in [0.1, 0.15) is 5.75 Å². The molecule has 1 heterocycles. The van der Waals surface area contributed by atoms with Crippen LogP contribution in [0.5, 0.6) is 5.75 Å². The molecule has 28 heavy (non-hydrogen) atoms. The molecular weight excluding hydrogens is 360 g/mol. The van der Waals surface area contributed by atoms with Gasteiger partial charge in [-0.1, -0.05) is 24.3 Å². The summed E-state index contributed by atoms with van der Waals surface area (Å²) in [5, 5.41) is 23.7. The first kappa shape index (κ1) is 19.8. The van der Waals surface area contributed by atoms with Crippen LogP contribution >= 0.6 is 0 Å². The van der Waals surface area contributed by atoms with Crippen LogP contribution in [0.4, 0.5) is 0 Å². The molecule has 7 heteroatoms. The monoisotopic (exact) mass is 382 g/mol. The summed E-state index contributed by atoms with van der Waals surface area (Å²) in [7, 11) is 2.97. The van der Waals surface area contributed by atoms with E-state index < -0.39 is 6.29 Å². The summed E-state index contributed by atoms with van der Waals surface area (Å²) >= 11 is 0. The zero-order chi connectivity index (χ0) is 20.1. The second-order valence-corrected chi connectivity index (χ2v) is 6.24. The van der Waals surface area contributed by atoms with E-state index in [0.717, 1.165) is 11.1 Å². The molecule has 0 aliphatic carbocycles. The number of benzene rings is 2. The quantitative estimate of drug-likeness (QED) is 0.608. The Hall–Kier alpha value is -3.00.